The van der Waals surface area contributed by atoms with E-state index in [0.717, 1.165) is 6.07 Å². The minimum Gasteiger partial charge on any atom is -0.223 e. The third kappa shape index (κ3) is 3.17. The van der Waals surface area contributed by atoms with Crippen molar-refractivity contribution >= 4 is 19.9 Å². The highest BCUT2D eigenvalue weighted by molar-refractivity contribution is 7.92. The molecule has 2 aromatic rings. The van der Waals surface area contributed by atoms with Crippen LogP contribution in [0.4, 0.5) is 4.39 Å². The average Bonchev–Trinajstić information content (AvgIpc) is 2.95. The van der Waals surface area contributed by atoms with Gasteiger partial charge in [0.05, 0.1) is 15.0 Å². The molecule has 8 heteroatoms. The number of nitrogens with zero attached hydrogens (tertiary/aromatic N) is 1. The van der Waals surface area contributed by atoms with Crippen LogP contribution in [0.2, 0.25) is 0 Å². The van der Waals surface area contributed by atoms with Gasteiger partial charge < -0.3 is 0 Å². The summed E-state index contributed by atoms with van der Waals surface area (Å²) in [6.45, 7) is 1.53. The van der Waals surface area contributed by atoms with Crippen LogP contribution < -0.4 is 0 Å². The SMILES string of the molecule is Cc1cc(S(=O)(=O)N2C3CCC2CC(S(=O)(=O)c2ccccc2)C3)ccc1F. The Morgan fingerprint density at radius 2 is 1.50 bits per heavy atom. The van der Waals surface area contributed by atoms with Gasteiger partial charge in [0.2, 0.25) is 10.0 Å². The van der Waals surface area contributed by atoms with Crippen LogP contribution in [-0.4, -0.2) is 38.5 Å². The maximum atomic E-state index is 13.6. The summed E-state index contributed by atoms with van der Waals surface area (Å²) in [6, 6.07) is 11.4. The molecule has 2 saturated heterocycles. The molecule has 2 unspecified atom stereocenters. The zero-order chi connectivity index (χ0) is 20.1. The minimum absolute atomic E-state index is 0.0627. The second-order valence-corrected chi connectivity index (χ2v) is 11.7. The maximum absolute atomic E-state index is 13.6. The average molecular weight is 424 g/mol. The van der Waals surface area contributed by atoms with Gasteiger partial charge in [-0.2, -0.15) is 4.31 Å². The van der Waals surface area contributed by atoms with Crippen molar-refractivity contribution in [2.75, 3.05) is 0 Å². The number of fused-ring (bicyclic) bond motifs is 2. The molecule has 2 aromatic carbocycles. The van der Waals surface area contributed by atoms with E-state index in [-0.39, 0.29) is 40.3 Å². The molecule has 4 rings (SSSR count). The number of benzene rings is 2. The summed E-state index contributed by atoms with van der Waals surface area (Å²) in [5.41, 5.74) is 0.273. The normalized spacial score (nSPS) is 25.7. The molecule has 2 bridgehead atoms. The third-order valence-corrected chi connectivity index (χ3v) is 10.0. The topological polar surface area (TPSA) is 71.5 Å². The highest BCUT2D eigenvalue weighted by atomic mass is 32.2. The van der Waals surface area contributed by atoms with E-state index in [9.17, 15) is 21.2 Å². The van der Waals surface area contributed by atoms with E-state index in [2.05, 4.69) is 0 Å². The highest BCUT2D eigenvalue weighted by Gasteiger charge is 2.50. The fourth-order valence-corrected chi connectivity index (χ4v) is 8.28. The van der Waals surface area contributed by atoms with Crippen molar-refractivity contribution in [3.05, 3.63) is 59.9 Å². The van der Waals surface area contributed by atoms with E-state index < -0.39 is 30.9 Å². The van der Waals surface area contributed by atoms with Gasteiger partial charge in [-0.05, 0) is 68.5 Å². The van der Waals surface area contributed by atoms with E-state index >= 15 is 0 Å². The summed E-state index contributed by atoms with van der Waals surface area (Å²) >= 11 is 0. The van der Waals surface area contributed by atoms with E-state index in [0.29, 0.717) is 12.8 Å². The maximum Gasteiger partial charge on any atom is 0.243 e. The number of sulfone groups is 1. The quantitative estimate of drug-likeness (QED) is 0.757. The van der Waals surface area contributed by atoms with Gasteiger partial charge in [0, 0.05) is 12.1 Å². The van der Waals surface area contributed by atoms with Crippen molar-refractivity contribution < 1.29 is 21.2 Å². The molecule has 2 aliphatic rings. The van der Waals surface area contributed by atoms with Gasteiger partial charge in [-0.3, -0.25) is 0 Å². The monoisotopic (exact) mass is 423 g/mol. The zero-order valence-electron chi connectivity index (χ0n) is 15.5. The second-order valence-electron chi connectivity index (χ2n) is 7.58. The highest BCUT2D eigenvalue weighted by Crippen LogP contribution is 2.42. The van der Waals surface area contributed by atoms with Crippen molar-refractivity contribution in [2.45, 2.75) is 59.7 Å². The molecule has 0 N–H and O–H groups in total. The minimum atomic E-state index is -3.80. The summed E-state index contributed by atoms with van der Waals surface area (Å²) in [5.74, 6) is -0.449. The summed E-state index contributed by atoms with van der Waals surface area (Å²) in [6.07, 6.45) is 1.86. The summed E-state index contributed by atoms with van der Waals surface area (Å²) in [5, 5.41) is -0.589. The van der Waals surface area contributed by atoms with Gasteiger partial charge in [0.25, 0.3) is 0 Å². The van der Waals surface area contributed by atoms with E-state index in [1.165, 1.54) is 23.4 Å². The Bertz CT molecular complexity index is 1090. The van der Waals surface area contributed by atoms with Crippen molar-refractivity contribution in [1.29, 1.82) is 0 Å². The number of hydrogen-bond acceptors (Lipinski definition) is 4. The Morgan fingerprint density at radius 3 is 2.07 bits per heavy atom. The van der Waals surface area contributed by atoms with Crippen molar-refractivity contribution in [1.82, 2.24) is 4.31 Å². The number of halogens is 1. The van der Waals surface area contributed by atoms with Crippen LogP contribution in [0.5, 0.6) is 0 Å². The molecule has 0 spiro atoms. The number of rotatable bonds is 4. The van der Waals surface area contributed by atoms with E-state index in [1.807, 2.05) is 0 Å². The lowest BCUT2D eigenvalue weighted by Crippen LogP contribution is -2.49. The number of piperidine rings is 1. The van der Waals surface area contributed by atoms with Crippen molar-refractivity contribution in [3.8, 4) is 0 Å². The van der Waals surface area contributed by atoms with Crippen LogP contribution in [-0.2, 0) is 19.9 Å². The number of aryl methyl sites for hydroxylation is 1. The molecule has 0 radical (unpaired) electrons. The molecule has 0 saturated carbocycles. The Labute approximate surface area is 165 Å². The first-order chi connectivity index (χ1) is 13.2. The molecule has 2 atom stereocenters. The fraction of sp³-hybridized carbons (Fsp3) is 0.400. The Hall–Kier alpha value is -1.77. The van der Waals surface area contributed by atoms with Gasteiger partial charge >= 0.3 is 0 Å². The molecular weight excluding hydrogens is 401 g/mol. The summed E-state index contributed by atoms with van der Waals surface area (Å²) in [4.78, 5) is 0.345. The molecule has 5 nitrogen and oxygen atoms in total. The third-order valence-electron chi connectivity index (χ3n) is 5.84. The van der Waals surface area contributed by atoms with Gasteiger partial charge in [0.1, 0.15) is 5.82 Å². The zero-order valence-corrected chi connectivity index (χ0v) is 17.1. The molecule has 2 aliphatic heterocycles. The molecule has 28 heavy (non-hydrogen) atoms. The van der Waals surface area contributed by atoms with Gasteiger partial charge in [0.15, 0.2) is 9.84 Å². The lowest BCUT2D eigenvalue weighted by Gasteiger charge is -2.37. The van der Waals surface area contributed by atoms with Crippen LogP contribution >= 0.6 is 0 Å². The fourth-order valence-electron chi connectivity index (χ4n) is 4.43. The van der Waals surface area contributed by atoms with Crippen LogP contribution in [0.15, 0.2) is 58.3 Å². The lowest BCUT2D eigenvalue weighted by molar-refractivity contribution is 0.249. The van der Waals surface area contributed by atoms with Crippen LogP contribution in [0.3, 0.4) is 0 Å². The first-order valence-corrected chi connectivity index (χ1v) is 12.3. The van der Waals surface area contributed by atoms with Gasteiger partial charge in [-0.25, -0.2) is 21.2 Å². The molecule has 0 aromatic heterocycles. The van der Waals surface area contributed by atoms with E-state index in [1.54, 1.807) is 30.3 Å². The predicted molar refractivity (Wildman–Crippen MR) is 104 cm³/mol. The molecule has 150 valence electrons. The molecule has 0 aliphatic carbocycles. The summed E-state index contributed by atoms with van der Waals surface area (Å²) < 4.78 is 67.4. The molecular formula is C20H22FNO4S2. The first-order valence-electron chi connectivity index (χ1n) is 9.30. The molecule has 0 amide bonds. The van der Waals surface area contributed by atoms with Crippen molar-refractivity contribution in [2.24, 2.45) is 0 Å². The number of sulfonamides is 1. The Kier molecular flexibility index (Phi) is 4.84. The van der Waals surface area contributed by atoms with Gasteiger partial charge in [-0.1, -0.05) is 18.2 Å². The summed E-state index contributed by atoms with van der Waals surface area (Å²) in [7, 11) is -7.30. The van der Waals surface area contributed by atoms with Crippen molar-refractivity contribution in [3.63, 3.8) is 0 Å². The molecule has 2 fully saturated rings. The van der Waals surface area contributed by atoms with Crippen LogP contribution in [0.1, 0.15) is 31.2 Å². The Morgan fingerprint density at radius 1 is 0.893 bits per heavy atom. The van der Waals surface area contributed by atoms with Gasteiger partial charge in [-0.15, -0.1) is 0 Å². The second kappa shape index (κ2) is 6.93. The van der Waals surface area contributed by atoms with Crippen LogP contribution in [0, 0.1) is 12.7 Å². The predicted octanol–water partition coefficient (Wildman–Crippen LogP) is 3.29. The smallest absolute Gasteiger partial charge is 0.223 e. The van der Waals surface area contributed by atoms with Crippen LogP contribution in [0.25, 0.3) is 0 Å². The standard InChI is InChI=1S/C20H22FNO4S2/c1-14-11-18(9-10-20(14)21)28(25,26)22-15-7-8-16(22)13-19(12-15)27(23,24)17-5-3-2-4-6-17/h2-6,9-11,15-16,19H,7-8,12-13H2,1H3. The first kappa shape index (κ1) is 19.5. The Balaban J connectivity index is 1.63. The number of hydrogen-bond donors (Lipinski definition) is 0. The lowest BCUT2D eigenvalue weighted by atomic mass is 10.1. The van der Waals surface area contributed by atoms with E-state index in [4.69, 9.17) is 0 Å². The largest absolute Gasteiger partial charge is 0.243 e. The molecule has 2 heterocycles.